The van der Waals surface area contributed by atoms with Crippen LogP contribution in [0.5, 0.6) is 0 Å². The maximum Gasteiger partial charge on any atom is 0.223 e. The summed E-state index contributed by atoms with van der Waals surface area (Å²) in [5.74, 6) is 0. The predicted octanol–water partition coefficient (Wildman–Crippen LogP) is 6.08. The van der Waals surface area contributed by atoms with Crippen molar-refractivity contribution in [2.75, 3.05) is 6.26 Å². The number of aromatic nitrogens is 2. The topological polar surface area (TPSA) is 94.1 Å². The third-order valence-corrected chi connectivity index (χ3v) is 9.72. The van der Waals surface area contributed by atoms with Crippen LogP contribution in [0.4, 0.5) is 0 Å². The van der Waals surface area contributed by atoms with Crippen molar-refractivity contribution in [3.05, 3.63) is 103 Å². The first-order valence-electron chi connectivity index (χ1n) is 11.3. The van der Waals surface area contributed by atoms with E-state index in [-0.39, 0.29) is 14.8 Å². The zero-order valence-corrected chi connectivity index (χ0v) is 22.4. The average molecular weight is 547 g/mol. The lowest BCUT2D eigenvalue weighted by atomic mass is 10.1. The van der Waals surface area contributed by atoms with E-state index in [9.17, 15) is 16.8 Å². The fourth-order valence-electron chi connectivity index (χ4n) is 3.89. The highest BCUT2D eigenvalue weighted by atomic mass is 32.2. The Morgan fingerprint density at radius 2 is 1.43 bits per heavy atom. The molecule has 0 aliphatic heterocycles. The zero-order chi connectivity index (χ0) is 26.2. The van der Waals surface area contributed by atoms with Gasteiger partial charge in [-0.3, -0.25) is 0 Å². The van der Waals surface area contributed by atoms with E-state index in [2.05, 4.69) is 4.98 Å². The highest BCUT2D eigenvalue weighted by Gasteiger charge is 2.22. The molecule has 0 radical (unpaired) electrons. The van der Waals surface area contributed by atoms with Crippen LogP contribution in [0.2, 0.25) is 0 Å². The summed E-state index contributed by atoms with van der Waals surface area (Å²) >= 11 is 1.41. The number of nitrogens with zero attached hydrogens (tertiary/aromatic N) is 2. The number of pyridine rings is 1. The first kappa shape index (κ1) is 25.0. The summed E-state index contributed by atoms with van der Waals surface area (Å²) in [5.41, 5.74) is 4.12. The molecule has 0 fully saturated rings. The van der Waals surface area contributed by atoms with Gasteiger partial charge in [0.15, 0.2) is 14.9 Å². The minimum Gasteiger partial charge on any atom is -0.244 e. The zero-order valence-electron chi connectivity index (χ0n) is 20.0. The normalized spacial score (nSPS) is 11.9. The van der Waals surface area contributed by atoms with Crippen molar-refractivity contribution >= 4 is 31.0 Å². The van der Waals surface area contributed by atoms with Crippen LogP contribution < -0.4 is 0 Å². The Bertz CT molecular complexity index is 1810. The molecule has 0 aliphatic rings. The van der Waals surface area contributed by atoms with Gasteiger partial charge in [-0.25, -0.2) is 26.8 Å². The average Bonchev–Trinajstić information content (AvgIpc) is 3.35. The van der Waals surface area contributed by atoms with Crippen LogP contribution in [0.25, 0.3) is 32.3 Å². The minimum atomic E-state index is -3.80. The molecule has 0 bridgehead atoms. The van der Waals surface area contributed by atoms with Gasteiger partial charge in [0.1, 0.15) is 5.01 Å². The summed E-state index contributed by atoms with van der Waals surface area (Å²) in [6.45, 7) is 2.00. The standard InChI is InChI=1S/C28H22N2O4S3/c1-19-7-6-8-21(17-19)26-27(35-28(30-26)20-11-13-23(14-12-20)36(2,31)32)22-15-16-29-25(18-22)37(33,34)24-9-4-3-5-10-24/h3-18H,1-2H3. The summed E-state index contributed by atoms with van der Waals surface area (Å²) in [7, 11) is -7.12. The first-order valence-corrected chi connectivity index (χ1v) is 15.5. The quantitative estimate of drug-likeness (QED) is 0.256. The molecule has 0 atom stereocenters. The summed E-state index contributed by atoms with van der Waals surface area (Å²) in [6, 6.07) is 26.1. The lowest BCUT2D eigenvalue weighted by molar-refractivity contribution is 0.592. The maximum atomic E-state index is 13.2. The molecule has 2 aromatic heterocycles. The Morgan fingerprint density at radius 3 is 2.11 bits per heavy atom. The smallest absolute Gasteiger partial charge is 0.223 e. The van der Waals surface area contributed by atoms with Crippen LogP contribution in [-0.4, -0.2) is 33.1 Å². The van der Waals surface area contributed by atoms with Crippen molar-refractivity contribution in [2.24, 2.45) is 0 Å². The molecule has 186 valence electrons. The summed E-state index contributed by atoms with van der Waals surface area (Å²) in [5, 5.41) is 0.648. The molecule has 37 heavy (non-hydrogen) atoms. The molecule has 5 rings (SSSR count). The molecule has 0 amide bonds. The second-order valence-corrected chi connectivity index (χ2v) is 13.5. The van der Waals surface area contributed by atoms with E-state index in [0.29, 0.717) is 16.3 Å². The van der Waals surface area contributed by atoms with Crippen LogP contribution >= 0.6 is 11.3 Å². The fraction of sp³-hybridized carbons (Fsp3) is 0.0714. The number of benzene rings is 3. The van der Waals surface area contributed by atoms with Gasteiger partial charge in [-0.2, -0.15) is 0 Å². The lowest BCUT2D eigenvalue weighted by Crippen LogP contribution is -2.04. The van der Waals surface area contributed by atoms with Crippen LogP contribution in [-0.2, 0) is 19.7 Å². The maximum absolute atomic E-state index is 13.2. The number of rotatable bonds is 6. The molecule has 0 aliphatic carbocycles. The van der Waals surface area contributed by atoms with Gasteiger partial charge < -0.3 is 0 Å². The third-order valence-electron chi connectivity index (χ3n) is 5.77. The van der Waals surface area contributed by atoms with E-state index >= 15 is 0 Å². The Kier molecular flexibility index (Phi) is 6.53. The third kappa shape index (κ3) is 5.11. The Morgan fingerprint density at radius 1 is 0.703 bits per heavy atom. The predicted molar refractivity (Wildman–Crippen MR) is 146 cm³/mol. The first-order chi connectivity index (χ1) is 17.6. The Hall–Kier alpha value is -3.66. The van der Waals surface area contributed by atoms with Crippen molar-refractivity contribution < 1.29 is 16.8 Å². The van der Waals surface area contributed by atoms with Crippen molar-refractivity contribution in [1.29, 1.82) is 0 Å². The Balaban J connectivity index is 1.66. The Labute approximate surface area is 220 Å². The van der Waals surface area contributed by atoms with Crippen LogP contribution in [0.3, 0.4) is 0 Å². The highest BCUT2D eigenvalue weighted by Crippen LogP contribution is 2.41. The van der Waals surface area contributed by atoms with Gasteiger partial charge >= 0.3 is 0 Å². The van der Waals surface area contributed by atoms with E-state index in [4.69, 9.17) is 4.98 Å². The van der Waals surface area contributed by atoms with E-state index in [1.807, 2.05) is 31.2 Å². The van der Waals surface area contributed by atoms with E-state index in [1.165, 1.54) is 23.8 Å². The van der Waals surface area contributed by atoms with Gasteiger partial charge in [-0.1, -0.05) is 54.1 Å². The number of thiazole rings is 1. The van der Waals surface area contributed by atoms with Crippen molar-refractivity contribution in [3.8, 4) is 32.3 Å². The van der Waals surface area contributed by atoms with Gasteiger partial charge in [0.25, 0.3) is 0 Å². The molecule has 0 saturated carbocycles. The number of aryl methyl sites for hydroxylation is 1. The van der Waals surface area contributed by atoms with Gasteiger partial charge in [0, 0.05) is 23.6 Å². The largest absolute Gasteiger partial charge is 0.244 e. The number of sulfone groups is 2. The van der Waals surface area contributed by atoms with Gasteiger partial charge in [0.2, 0.25) is 9.84 Å². The van der Waals surface area contributed by atoms with E-state index < -0.39 is 19.7 Å². The molecule has 3 aromatic carbocycles. The van der Waals surface area contributed by atoms with Crippen LogP contribution in [0, 0.1) is 6.92 Å². The molecule has 9 heteroatoms. The molecular formula is C28H22N2O4S3. The highest BCUT2D eigenvalue weighted by molar-refractivity contribution is 7.91. The molecule has 0 spiro atoms. The van der Waals surface area contributed by atoms with Crippen LogP contribution in [0.15, 0.2) is 112 Å². The number of hydrogen-bond donors (Lipinski definition) is 0. The molecule has 0 unspecified atom stereocenters. The van der Waals surface area contributed by atoms with Crippen molar-refractivity contribution in [1.82, 2.24) is 9.97 Å². The molecule has 0 N–H and O–H groups in total. The second kappa shape index (κ2) is 9.66. The van der Waals surface area contributed by atoms with Crippen LogP contribution in [0.1, 0.15) is 5.56 Å². The van der Waals surface area contributed by atoms with Crippen molar-refractivity contribution in [2.45, 2.75) is 21.7 Å². The fourth-order valence-corrected chi connectivity index (χ4v) is 6.85. The molecule has 5 aromatic rings. The molecule has 0 saturated heterocycles. The SMILES string of the molecule is Cc1cccc(-c2nc(-c3ccc(S(C)(=O)=O)cc3)sc2-c2ccnc(S(=O)(=O)c3ccccc3)c2)c1. The number of hydrogen-bond acceptors (Lipinski definition) is 7. The molecule has 2 heterocycles. The molecule has 6 nitrogen and oxygen atoms in total. The van der Waals surface area contributed by atoms with Gasteiger partial charge in [0.05, 0.1) is 20.4 Å². The monoisotopic (exact) mass is 546 g/mol. The van der Waals surface area contributed by atoms with Crippen molar-refractivity contribution in [3.63, 3.8) is 0 Å². The van der Waals surface area contributed by atoms with Gasteiger partial charge in [-0.05, 0) is 55.0 Å². The lowest BCUT2D eigenvalue weighted by Gasteiger charge is -2.07. The summed E-state index contributed by atoms with van der Waals surface area (Å²) in [6.07, 6.45) is 2.66. The van der Waals surface area contributed by atoms with E-state index in [1.54, 1.807) is 66.7 Å². The van der Waals surface area contributed by atoms with E-state index in [0.717, 1.165) is 21.6 Å². The summed E-state index contributed by atoms with van der Waals surface area (Å²) < 4.78 is 50.2. The van der Waals surface area contributed by atoms with Gasteiger partial charge in [-0.15, -0.1) is 11.3 Å². The molecular weight excluding hydrogens is 525 g/mol. The minimum absolute atomic E-state index is 0.0427. The summed E-state index contributed by atoms with van der Waals surface area (Å²) in [4.78, 5) is 10.3. The second-order valence-electron chi connectivity index (χ2n) is 8.56.